The van der Waals surface area contributed by atoms with Crippen molar-refractivity contribution in [2.24, 2.45) is 5.92 Å². The van der Waals surface area contributed by atoms with Crippen molar-refractivity contribution < 1.29 is 9.53 Å². The highest BCUT2D eigenvalue weighted by atomic mass is 16.5. The molecule has 0 saturated carbocycles. The number of nitrogens with zero attached hydrogens (tertiary/aromatic N) is 5. The highest BCUT2D eigenvalue weighted by Gasteiger charge is 2.27. The van der Waals surface area contributed by atoms with Crippen molar-refractivity contribution in [3.63, 3.8) is 0 Å². The van der Waals surface area contributed by atoms with E-state index >= 15 is 0 Å². The Kier molecular flexibility index (Phi) is 3.49. The number of anilines is 1. The summed E-state index contributed by atoms with van der Waals surface area (Å²) in [6.45, 7) is 3.81. The van der Waals surface area contributed by atoms with Gasteiger partial charge in [-0.2, -0.15) is 4.98 Å². The van der Waals surface area contributed by atoms with E-state index in [0.29, 0.717) is 18.3 Å². The van der Waals surface area contributed by atoms with E-state index in [-0.39, 0.29) is 11.9 Å². The van der Waals surface area contributed by atoms with Gasteiger partial charge in [0, 0.05) is 25.5 Å². The third-order valence-electron chi connectivity index (χ3n) is 3.50. The Morgan fingerprint density at radius 2 is 2.25 bits per heavy atom. The maximum atomic E-state index is 11.7. The maximum Gasteiger partial charge on any atom is 0.309 e. The molecule has 0 bridgehead atoms. The quantitative estimate of drug-likeness (QED) is 0.775. The van der Waals surface area contributed by atoms with E-state index in [9.17, 15) is 4.79 Å². The number of esters is 1. The molecule has 7 nitrogen and oxygen atoms in total. The topological polar surface area (TPSA) is 72.6 Å². The lowest BCUT2D eigenvalue weighted by Gasteiger charge is -2.29. The highest BCUT2D eigenvalue weighted by Crippen LogP contribution is 2.22. The number of carbonyl (C=O) groups is 1. The van der Waals surface area contributed by atoms with Crippen LogP contribution in [-0.4, -0.2) is 45.2 Å². The van der Waals surface area contributed by atoms with E-state index in [0.717, 1.165) is 25.9 Å². The molecule has 1 aliphatic heterocycles. The van der Waals surface area contributed by atoms with Gasteiger partial charge < -0.3 is 9.64 Å². The third-order valence-corrected chi connectivity index (χ3v) is 3.50. The minimum Gasteiger partial charge on any atom is -0.466 e. The molecule has 0 aromatic carbocycles. The average Bonchev–Trinajstić information content (AvgIpc) is 2.91. The van der Waals surface area contributed by atoms with Crippen molar-refractivity contribution >= 4 is 17.7 Å². The van der Waals surface area contributed by atoms with Gasteiger partial charge in [-0.1, -0.05) is 0 Å². The van der Waals surface area contributed by atoms with Gasteiger partial charge in [-0.15, -0.1) is 5.10 Å². The Labute approximate surface area is 116 Å². The summed E-state index contributed by atoms with van der Waals surface area (Å²) in [5.74, 6) is 1.18. The van der Waals surface area contributed by atoms with Crippen LogP contribution in [0.4, 0.5) is 5.95 Å². The van der Waals surface area contributed by atoms with Crippen LogP contribution in [0.25, 0.3) is 5.78 Å². The zero-order chi connectivity index (χ0) is 13.9. The van der Waals surface area contributed by atoms with E-state index < -0.39 is 0 Å². The summed E-state index contributed by atoms with van der Waals surface area (Å²) in [4.78, 5) is 22.3. The zero-order valence-electron chi connectivity index (χ0n) is 11.4. The minimum absolute atomic E-state index is 0.00126. The standard InChI is InChI=1S/C13H17N5O2/c1-2-20-11(19)10-4-8-17(9-5-10)13-15-12-14-6-3-7-18(12)16-13/h3,6-7,10H,2,4-5,8-9H2,1H3. The molecule has 2 aromatic heterocycles. The number of fused-ring (bicyclic) bond motifs is 1. The van der Waals surface area contributed by atoms with Crippen LogP contribution in [0.3, 0.4) is 0 Å². The molecule has 0 atom stereocenters. The SMILES string of the molecule is CCOC(=O)C1CCN(c2nc3ncccn3n2)CC1. The number of carbonyl (C=O) groups excluding carboxylic acids is 1. The zero-order valence-corrected chi connectivity index (χ0v) is 11.4. The van der Waals surface area contributed by atoms with Crippen molar-refractivity contribution in [1.29, 1.82) is 0 Å². The summed E-state index contributed by atoms with van der Waals surface area (Å²) >= 11 is 0. The molecule has 0 radical (unpaired) electrons. The van der Waals surface area contributed by atoms with Crippen molar-refractivity contribution in [3.05, 3.63) is 18.5 Å². The second kappa shape index (κ2) is 5.44. The largest absolute Gasteiger partial charge is 0.466 e. The van der Waals surface area contributed by atoms with Crippen molar-refractivity contribution in [2.75, 3.05) is 24.6 Å². The van der Waals surface area contributed by atoms with Crippen LogP contribution < -0.4 is 4.90 Å². The number of aromatic nitrogens is 4. The smallest absolute Gasteiger partial charge is 0.309 e. The molecule has 106 valence electrons. The third kappa shape index (κ3) is 2.43. The Balaban J connectivity index is 1.67. The van der Waals surface area contributed by atoms with E-state index in [4.69, 9.17) is 4.74 Å². The van der Waals surface area contributed by atoms with Gasteiger partial charge in [0.25, 0.3) is 5.78 Å². The highest BCUT2D eigenvalue weighted by molar-refractivity contribution is 5.72. The van der Waals surface area contributed by atoms with Gasteiger partial charge in [0.2, 0.25) is 5.95 Å². The van der Waals surface area contributed by atoms with Crippen LogP contribution in [0, 0.1) is 5.92 Å². The average molecular weight is 275 g/mol. The Hall–Kier alpha value is -2.18. The lowest BCUT2D eigenvalue weighted by Crippen LogP contribution is -2.37. The molecule has 7 heteroatoms. The van der Waals surface area contributed by atoms with Gasteiger partial charge in [-0.25, -0.2) is 9.50 Å². The maximum absolute atomic E-state index is 11.7. The molecule has 0 amide bonds. The number of hydrogen-bond acceptors (Lipinski definition) is 6. The van der Waals surface area contributed by atoms with Crippen LogP contribution in [0.1, 0.15) is 19.8 Å². The van der Waals surface area contributed by atoms with Gasteiger partial charge in [0.15, 0.2) is 0 Å². The van der Waals surface area contributed by atoms with Crippen molar-refractivity contribution in [1.82, 2.24) is 19.6 Å². The molecule has 20 heavy (non-hydrogen) atoms. The molecular formula is C13H17N5O2. The fourth-order valence-corrected chi connectivity index (χ4v) is 2.43. The van der Waals surface area contributed by atoms with Gasteiger partial charge >= 0.3 is 5.97 Å². The van der Waals surface area contributed by atoms with Gasteiger partial charge in [0.1, 0.15) is 0 Å². The number of hydrogen-bond donors (Lipinski definition) is 0. The lowest BCUT2D eigenvalue weighted by atomic mass is 9.97. The predicted octanol–water partition coefficient (Wildman–Crippen LogP) is 0.904. The van der Waals surface area contributed by atoms with Crippen LogP contribution in [0.15, 0.2) is 18.5 Å². The molecule has 3 rings (SSSR count). The fourth-order valence-electron chi connectivity index (χ4n) is 2.43. The molecule has 3 heterocycles. The summed E-state index contributed by atoms with van der Waals surface area (Å²) in [5, 5.41) is 4.40. The number of piperidine rings is 1. The molecule has 0 spiro atoms. The summed E-state index contributed by atoms with van der Waals surface area (Å²) in [6.07, 6.45) is 5.08. The first kappa shape index (κ1) is 12.8. The summed E-state index contributed by atoms with van der Waals surface area (Å²) < 4.78 is 6.73. The first-order valence-electron chi connectivity index (χ1n) is 6.87. The van der Waals surface area contributed by atoms with Crippen LogP contribution in [0.2, 0.25) is 0 Å². The van der Waals surface area contributed by atoms with E-state index in [1.165, 1.54) is 0 Å². The van der Waals surface area contributed by atoms with Crippen LogP contribution in [0.5, 0.6) is 0 Å². The van der Waals surface area contributed by atoms with Crippen molar-refractivity contribution in [3.8, 4) is 0 Å². The van der Waals surface area contributed by atoms with Gasteiger partial charge in [-0.3, -0.25) is 4.79 Å². The predicted molar refractivity (Wildman–Crippen MR) is 72.4 cm³/mol. The molecular weight excluding hydrogens is 258 g/mol. The van der Waals surface area contributed by atoms with E-state index in [1.807, 2.05) is 19.2 Å². The second-order valence-corrected chi connectivity index (χ2v) is 4.79. The molecule has 2 aromatic rings. The number of ether oxygens (including phenoxy) is 1. The minimum atomic E-state index is -0.0863. The van der Waals surface area contributed by atoms with Crippen LogP contribution in [-0.2, 0) is 9.53 Å². The summed E-state index contributed by atoms with van der Waals surface area (Å²) in [7, 11) is 0. The number of rotatable bonds is 3. The molecule has 0 unspecified atom stereocenters. The fraction of sp³-hybridized carbons (Fsp3) is 0.538. The Morgan fingerprint density at radius 3 is 2.95 bits per heavy atom. The van der Waals surface area contributed by atoms with Gasteiger partial charge in [0.05, 0.1) is 12.5 Å². The van der Waals surface area contributed by atoms with Crippen LogP contribution >= 0.6 is 0 Å². The normalized spacial score (nSPS) is 16.6. The molecule has 0 aliphatic carbocycles. The van der Waals surface area contributed by atoms with Crippen molar-refractivity contribution in [2.45, 2.75) is 19.8 Å². The second-order valence-electron chi connectivity index (χ2n) is 4.79. The Morgan fingerprint density at radius 1 is 1.45 bits per heavy atom. The Bertz CT molecular complexity index is 571. The summed E-state index contributed by atoms with van der Waals surface area (Å²) in [5.41, 5.74) is 0. The molecule has 1 saturated heterocycles. The van der Waals surface area contributed by atoms with Gasteiger partial charge in [-0.05, 0) is 25.8 Å². The van der Waals surface area contributed by atoms with E-state index in [2.05, 4.69) is 20.0 Å². The first-order valence-corrected chi connectivity index (χ1v) is 6.87. The molecule has 1 fully saturated rings. The first-order chi connectivity index (χ1) is 9.78. The van der Waals surface area contributed by atoms with E-state index in [1.54, 1.807) is 10.7 Å². The lowest BCUT2D eigenvalue weighted by molar-refractivity contribution is -0.148. The molecule has 1 aliphatic rings. The molecule has 0 N–H and O–H groups in total. The monoisotopic (exact) mass is 275 g/mol. The summed E-state index contributed by atoms with van der Waals surface area (Å²) in [6, 6.07) is 1.82.